The Bertz CT molecular complexity index is 400. The Morgan fingerprint density at radius 1 is 1.47 bits per heavy atom. The predicted octanol–water partition coefficient (Wildman–Crippen LogP) is 2.87. The first kappa shape index (κ1) is 13.5. The molecule has 1 aromatic rings. The number of nitrogens with zero attached hydrogens (tertiary/aromatic N) is 1. The van der Waals surface area contributed by atoms with E-state index >= 15 is 0 Å². The van der Waals surface area contributed by atoms with E-state index in [9.17, 15) is 4.79 Å². The van der Waals surface area contributed by atoms with Crippen molar-refractivity contribution in [3.63, 3.8) is 0 Å². The molecular formula is C13H20N2O2. The average molecular weight is 236 g/mol. The molecular weight excluding hydrogens is 216 g/mol. The normalized spacial score (nSPS) is 11.6. The molecule has 1 heterocycles. The van der Waals surface area contributed by atoms with E-state index in [2.05, 4.69) is 38.0 Å². The number of rotatable bonds is 5. The van der Waals surface area contributed by atoms with E-state index in [0.29, 0.717) is 11.7 Å². The van der Waals surface area contributed by atoms with E-state index in [1.807, 2.05) is 0 Å². The van der Waals surface area contributed by atoms with Gasteiger partial charge < -0.3 is 10.4 Å². The molecule has 0 aliphatic carbocycles. The van der Waals surface area contributed by atoms with Gasteiger partial charge in [-0.05, 0) is 23.5 Å². The van der Waals surface area contributed by atoms with Gasteiger partial charge in [-0.2, -0.15) is 0 Å². The highest BCUT2D eigenvalue weighted by atomic mass is 16.4. The third-order valence-electron chi connectivity index (χ3n) is 3.26. The summed E-state index contributed by atoms with van der Waals surface area (Å²) < 4.78 is 0. The fourth-order valence-corrected chi connectivity index (χ4v) is 1.17. The number of hydrogen-bond acceptors (Lipinski definition) is 3. The molecule has 1 rings (SSSR count). The van der Waals surface area contributed by atoms with Gasteiger partial charge in [0.25, 0.3) is 0 Å². The third-order valence-corrected chi connectivity index (χ3v) is 3.26. The lowest BCUT2D eigenvalue weighted by atomic mass is 9.81. The molecule has 0 atom stereocenters. The maximum Gasteiger partial charge on any atom is 0.354 e. The van der Waals surface area contributed by atoms with E-state index in [-0.39, 0.29) is 11.1 Å². The number of anilines is 1. The number of nitrogens with one attached hydrogen (secondary N) is 1. The summed E-state index contributed by atoms with van der Waals surface area (Å²) in [5, 5.41) is 12.0. The van der Waals surface area contributed by atoms with Gasteiger partial charge >= 0.3 is 5.97 Å². The van der Waals surface area contributed by atoms with E-state index in [1.54, 1.807) is 12.1 Å². The number of pyridine rings is 1. The Labute approximate surface area is 102 Å². The maximum absolute atomic E-state index is 10.8. The zero-order chi connectivity index (χ0) is 13.1. The van der Waals surface area contributed by atoms with E-state index in [4.69, 9.17) is 5.11 Å². The Hall–Kier alpha value is -1.58. The molecule has 17 heavy (non-hydrogen) atoms. The quantitative estimate of drug-likeness (QED) is 0.825. The highest BCUT2D eigenvalue weighted by Gasteiger charge is 2.22. The summed E-state index contributed by atoms with van der Waals surface area (Å²) in [5.41, 5.74) is 0.207. The van der Waals surface area contributed by atoms with Gasteiger partial charge in [-0.25, -0.2) is 9.78 Å². The number of aromatic nitrogens is 1. The lowest BCUT2D eigenvalue weighted by Gasteiger charge is -2.29. The fraction of sp³-hybridized carbons (Fsp3) is 0.538. The monoisotopic (exact) mass is 236 g/mol. The topological polar surface area (TPSA) is 62.2 Å². The van der Waals surface area contributed by atoms with Crippen molar-refractivity contribution in [2.45, 2.75) is 27.7 Å². The first-order valence-corrected chi connectivity index (χ1v) is 5.77. The van der Waals surface area contributed by atoms with Gasteiger partial charge in [-0.3, -0.25) is 0 Å². The minimum atomic E-state index is -1.00. The summed E-state index contributed by atoms with van der Waals surface area (Å²) >= 11 is 0. The third kappa shape index (κ3) is 3.73. The fourth-order valence-electron chi connectivity index (χ4n) is 1.17. The molecule has 0 amide bonds. The second-order valence-corrected chi connectivity index (χ2v) is 5.21. The first-order valence-electron chi connectivity index (χ1n) is 5.77. The van der Waals surface area contributed by atoms with Crippen LogP contribution in [0.15, 0.2) is 18.2 Å². The van der Waals surface area contributed by atoms with E-state index < -0.39 is 5.97 Å². The van der Waals surface area contributed by atoms with Gasteiger partial charge in [-0.15, -0.1) is 0 Å². The molecule has 0 fully saturated rings. The molecule has 0 radical (unpaired) electrons. The average Bonchev–Trinajstić information content (AvgIpc) is 2.26. The van der Waals surface area contributed by atoms with Gasteiger partial charge in [0.15, 0.2) is 5.69 Å². The highest BCUT2D eigenvalue weighted by molar-refractivity contribution is 5.85. The van der Waals surface area contributed by atoms with Crippen LogP contribution < -0.4 is 5.32 Å². The minimum absolute atomic E-state index is 0.0670. The van der Waals surface area contributed by atoms with Crippen LogP contribution >= 0.6 is 0 Å². The second kappa shape index (κ2) is 5.17. The van der Waals surface area contributed by atoms with Crippen molar-refractivity contribution in [3.8, 4) is 0 Å². The van der Waals surface area contributed by atoms with E-state index in [1.165, 1.54) is 6.07 Å². The SMILES string of the molecule is CC(C)C(C)(C)CNc1cccc(C(=O)O)n1. The number of aromatic carboxylic acids is 1. The smallest absolute Gasteiger partial charge is 0.354 e. The van der Waals surface area contributed by atoms with Crippen LogP contribution in [0.4, 0.5) is 5.82 Å². The molecule has 94 valence electrons. The lowest BCUT2D eigenvalue weighted by Crippen LogP contribution is -2.28. The van der Waals surface area contributed by atoms with Crippen molar-refractivity contribution < 1.29 is 9.90 Å². The zero-order valence-corrected chi connectivity index (χ0v) is 10.8. The Morgan fingerprint density at radius 2 is 2.12 bits per heavy atom. The minimum Gasteiger partial charge on any atom is -0.477 e. The molecule has 4 heteroatoms. The van der Waals surface area contributed by atoms with Crippen LogP contribution in [0.2, 0.25) is 0 Å². The standard InChI is InChI=1S/C13H20N2O2/c1-9(2)13(3,4)8-14-11-7-5-6-10(15-11)12(16)17/h5-7,9H,8H2,1-4H3,(H,14,15)(H,16,17). The summed E-state index contributed by atoms with van der Waals surface area (Å²) in [6.07, 6.45) is 0. The molecule has 0 unspecified atom stereocenters. The van der Waals surface area contributed by atoms with Crippen molar-refractivity contribution in [1.29, 1.82) is 0 Å². The Morgan fingerprint density at radius 3 is 2.65 bits per heavy atom. The number of carboxylic acid groups (broad SMARTS) is 1. The molecule has 0 spiro atoms. The van der Waals surface area contributed by atoms with Gasteiger partial charge in [0.05, 0.1) is 0 Å². The Balaban J connectivity index is 2.70. The second-order valence-electron chi connectivity index (χ2n) is 5.21. The number of carboxylic acids is 1. The van der Waals surface area contributed by atoms with Crippen molar-refractivity contribution >= 4 is 11.8 Å². The highest BCUT2D eigenvalue weighted by Crippen LogP contribution is 2.26. The summed E-state index contributed by atoms with van der Waals surface area (Å²) in [7, 11) is 0. The van der Waals surface area contributed by atoms with Crippen LogP contribution in [-0.2, 0) is 0 Å². The van der Waals surface area contributed by atoms with Gasteiger partial charge in [-0.1, -0.05) is 33.8 Å². The molecule has 0 saturated carbocycles. The van der Waals surface area contributed by atoms with Crippen LogP contribution in [0, 0.1) is 11.3 Å². The van der Waals surface area contributed by atoms with Crippen molar-refractivity contribution in [3.05, 3.63) is 23.9 Å². The molecule has 0 aliphatic heterocycles. The van der Waals surface area contributed by atoms with Crippen molar-refractivity contribution in [2.75, 3.05) is 11.9 Å². The summed E-state index contributed by atoms with van der Waals surface area (Å²) in [5.74, 6) is 0.146. The molecule has 0 bridgehead atoms. The molecule has 0 saturated heterocycles. The number of carbonyl (C=O) groups is 1. The maximum atomic E-state index is 10.8. The van der Waals surface area contributed by atoms with Crippen molar-refractivity contribution in [2.24, 2.45) is 11.3 Å². The molecule has 2 N–H and O–H groups in total. The summed E-state index contributed by atoms with van der Waals surface area (Å²) in [6.45, 7) is 9.45. The van der Waals surface area contributed by atoms with Gasteiger partial charge in [0, 0.05) is 6.54 Å². The Kier molecular flexibility index (Phi) is 4.10. The number of hydrogen-bond donors (Lipinski definition) is 2. The van der Waals surface area contributed by atoms with Crippen LogP contribution in [0.5, 0.6) is 0 Å². The first-order chi connectivity index (χ1) is 7.83. The molecule has 0 aliphatic rings. The zero-order valence-electron chi connectivity index (χ0n) is 10.8. The van der Waals surface area contributed by atoms with Crippen LogP contribution in [-0.4, -0.2) is 22.6 Å². The van der Waals surface area contributed by atoms with E-state index in [0.717, 1.165) is 6.54 Å². The molecule has 0 aromatic carbocycles. The molecule has 1 aromatic heterocycles. The predicted molar refractivity (Wildman–Crippen MR) is 68.3 cm³/mol. The summed E-state index contributed by atoms with van der Waals surface area (Å²) in [6, 6.07) is 4.96. The van der Waals surface area contributed by atoms with Crippen molar-refractivity contribution in [1.82, 2.24) is 4.98 Å². The van der Waals surface area contributed by atoms with Crippen LogP contribution in [0.25, 0.3) is 0 Å². The van der Waals surface area contributed by atoms with Gasteiger partial charge in [0.2, 0.25) is 0 Å². The lowest BCUT2D eigenvalue weighted by molar-refractivity contribution is 0.0690. The largest absolute Gasteiger partial charge is 0.477 e. The van der Waals surface area contributed by atoms with Crippen LogP contribution in [0.3, 0.4) is 0 Å². The van der Waals surface area contributed by atoms with Gasteiger partial charge in [0.1, 0.15) is 5.82 Å². The summed E-state index contributed by atoms with van der Waals surface area (Å²) in [4.78, 5) is 14.8. The van der Waals surface area contributed by atoms with Crippen LogP contribution in [0.1, 0.15) is 38.2 Å². The molecule has 4 nitrogen and oxygen atoms in total.